The first-order valence-electron chi connectivity index (χ1n) is 15.5. The van der Waals surface area contributed by atoms with Crippen molar-refractivity contribution in [3.05, 3.63) is 77.9 Å². The van der Waals surface area contributed by atoms with Gasteiger partial charge in [0.05, 0.1) is 44.2 Å². The van der Waals surface area contributed by atoms with Crippen molar-refractivity contribution in [1.82, 2.24) is 4.90 Å². The van der Waals surface area contributed by atoms with Crippen molar-refractivity contribution in [1.29, 1.82) is 0 Å². The molecule has 0 saturated carbocycles. The Morgan fingerprint density at radius 1 is 0.957 bits per heavy atom. The highest BCUT2D eigenvalue weighted by Gasteiger charge is 2.24. The average molecular weight is 633 g/mol. The van der Waals surface area contributed by atoms with Gasteiger partial charge in [0, 0.05) is 50.5 Å². The predicted octanol–water partition coefficient (Wildman–Crippen LogP) is 5.37. The fourth-order valence-corrected chi connectivity index (χ4v) is 5.04. The molecule has 3 aromatic carbocycles. The largest absolute Gasteiger partial charge is 0.494 e. The van der Waals surface area contributed by atoms with E-state index >= 15 is 0 Å². The maximum Gasteiger partial charge on any atom is 0.338 e. The summed E-state index contributed by atoms with van der Waals surface area (Å²) in [5, 5.41) is 3.05. The maximum atomic E-state index is 13.7. The molecule has 11 heteroatoms. The lowest BCUT2D eigenvalue weighted by molar-refractivity contribution is -0.116. The third-order valence-corrected chi connectivity index (χ3v) is 7.54. The van der Waals surface area contributed by atoms with Crippen LogP contribution in [0, 0.1) is 6.92 Å². The van der Waals surface area contributed by atoms with Crippen molar-refractivity contribution in [2.75, 3.05) is 74.8 Å². The molecular weight excluding hydrogens is 588 g/mol. The number of amides is 3. The summed E-state index contributed by atoms with van der Waals surface area (Å²) in [6.45, 7) is 11.5. The number of hydrogen-bond donors (Lipinski definition) is 1. The number of nitrogens with one attached hydrogen (secondary N) is 1. The van der Waals surface area contributed by atoms with E-state index in [1.54, 1.807) is 73.2 Å². The van der Waals surface area contributed by atoms with E-state index in [-0.39, 0.29) is 31.2 Å². The number of nitrogens with zero attached hydrogens (tertiary/aromatic N) is 3. The molecule has 3 amide bonds. The number of carbonyl (C=O) groups excluding carboxylic acids is 3. The first kappa shape index (κ1) is 34.3. The van der Waals surface area contributed by atoms with Crippen LogP contribution >= 0.6 is 0 Å². The molecular formula is C35H44N4O7. The van der Waals surface area contributed by atoms with E-state index in [9.17, 15) is 14.4 Å². The van der Waals surface area contributed by atoms with Crippen molar-refractivity contribution < 1.29 is 33.3 Å². The number of benzene rings is 3. The van der Waals surface area contributed by atoms with Gasteiger partial charge >= 0.3 is 12.0 Å². The van der Waals surface area contributed by atoms with Gasteiger partial charge in [-0.3, -0.25) is 14.6 Å². The number of ether oxygens (including phenoxy) is 4. The number of hydrogen-bond acceptors (Lipinski definition) is 8. The Morgan fingerprint density at radius 3 is 2.33 bits per heavy atom. The van der Waals surface area contributed by atoms with E-state index < -0.39 is 5.97 Å². The standard InChI is InChI=1S/C35H44N4O7/c1-25(2)46-34(41)28-10-13-30(14-11-28)45-23-20-38(27(4)40)29-12-15-32(33(24-29)43-5)39(17-16-37-18-21-44-22-19-37)35(42)36-31-9-7-6-8-26(31)3/h6-15,24-25H,16-23H2,1-5H3,(H,36,42). The number of morpholine rings is 1. The summed E-state index contributed by atoms with van der Waals surface area (Å²) in [7, 11) is 1.55. The average Bonchev–Trinajstić information content (AvgIpc) is 3.04. The maximum absolute atomic E-state index is 13.7. The zero-order valence-corrected chi connectivity index (χ0v) is 27.3. The van der Waals surface area contributed by atoms with Crippen LogP contribution in [0.15, 0.2) is 66.7 Å². The molecule has 0 unspecified atom stereocenters. The third kappa shape index (κ3) is 9.45. The van der Waals surface area contributed by atoms with Gasteiger partial charge in [0.15, 0.2) is 0 Å². The molecule has 11 nitrogen and oxygen atoms in total. The van der Waals surface area contributed by atoms with E-state index in [0.29, 0.717) is 54.7 Å². The minimum atomic E-state index is -0.394. The van der Waals surface area contributed by atoms with Gasteiger partial charge in [-0.1, -0.05) is 18.2 Å². The summed E-state index contributed by atoms with van der Waals surface area (Å²) in [5.74, 6) is 0.448. The minimum absolute atomic E-state index is 0.174. The van der Waals surface area contributed by atoms with Gasteiger partial charge in [-0.05, 0) is 68.8 Å². The Morgan fingerprint density at radius 2 is 1.67 bits per heavy atom. The van der Waals surface area contributed by atoms with Crippen LogP contribution in [0.1, 0.15) is 36.7 Å². The van der Waals surface area contributed by atoms with Gasteiger partial charge in [-0.25, -0.2) is 9.59 Å². The van der Waals surface area contributed by atoms with Gasteiger partial charge < -0.3 is 29.2 Å². The number of carbonyl (C=O) groups is 3. The van der Waals surface area contributed by atoms with Gasteiger partial charge in [0.25, 0.3) is 0 Å². The van der Waals surface area contributed by atoms with Gasteiger partial charge in [0.1, 0.15) is 18.1 Å². The van der Waals surface area contributed by atoms with Gasteiger partial charge in [-0.15, -0.1) is 0 Å². The van der Waals surface area contributed by atoms with Crippen molar-refractivity contribution in [3.63, 3.8) is 0 Å². The zero-order valence-electron chi connectivity index (χ0n) is 27.3. The summed E-state index contributed by atoms with van der Waals surface area (Å²) < 4.78 is 22.4. The lowest BCUT2D eigenvalue weighted by atomic mass is 10.2. The third-order valence-electron chi connectivity index (χ3n) is 7.54. The Hall–Kier alpha value is -4.61. The Kier molecular flexibility index (Phi) is 12.4. The van der Waals surface area contributed by atoms with Crippen LogP contribution in [0.3, 0.4) is 0 Å². The number of urea groups is 1. The molecule has 0 aliphatic carbocycles. The minimum Gasteiger partial charge on any atom is -0.494 e. The van der Waals surface area contributed by atoms with Gasteiger partial charge in [0.2, 0.25) is 5.91 Å². The van der Waals surface area contributed by atoms with E-state index in [2.05, 4.69) is 10.2 Å². The zero-order chi connectivity index (χ0) is 33.1. The van der Waals surface area contributed by atoms with Crippen LogP contribution in [0.5, 0.6) is 11.5 Å². The monoisotopic (exact) mass is 632 g/mol. The summed E-state index contributed by atoms with van der Waals surface area (Å²) in [5.41, 5.74) is 3.31. The summed E-state index contributed by atoms with van der Waals surface area (Å²) >= 11 is 0. The van der Waals surface area contributed by atoms with Crippen LogP contribution in [0.2, 0.25) is 0 Å². The molecule has 0 bridgehead atoms. The number of methoxy groups -OCH3 is 1. The second-order valence-electron chi connectivity index (χ2n) is 11.2. The predicted molar refractivity (Wildman–Crippen MR) is 178 cm³/mol. The highest BCUT2D eigenvalue weighted by atomic mass is 16.5. The highest BCUT2D eigenvalue weighted by Crippen LogP contribution is 2.34. The van der Waals surface area contributed by atoms with Crippen molar-refractivity contribution in [2.45, 2.75) is 33.8 Å². The van der Waals surface area contributed by atoms with E-state index in [1.807, 2.05) is 31.2 Å². The fourth-order valence-electron chi connectivity index (χ4n) is 5.04. The van der Waals surface area contributed by atoms with Crippen LogP contribution in [0.25, 0.3) is 0 Å². The molecule has 1 fully saturated rings. The van der Waals surface area contributed by atoms with Crippen LogP contribution in [-0.4, -0.2) is 88.6 Å². The molecule has 1 aliphatic rings. The second kappa shape index (κ2) is 16.6. The number of rotatable bonds is 13. The lowest BCUT2D eigenvalue weighted by Gasteiger charge is -2.31. The van der Waals surface area contributed by atoms with Crippen LogP contribution < -0.4 is 24.6 Å². The molecule has 3 aromatic rings. The Balaban J connectivity index is 1.49. The van der Waals surface area contributed by atoms with Crippen LogP contribution in [0.4, 0.5) is 21.9 Å². The lowest BCUT2D eigenvalue weighted by Crippen LogP contribution is -2.44. The molecule has 0 aromatic heterocycles. The molecule has 0 atom stereocenters. The molecule has 246 valence electrons. The Bertz CT molecular complexity index is 1470. The highest BCUT2D eigenvalue weighted by molar-refractivity contribution is 6.03. The normalized spacial score (nSPS) is 13.2. The first-order valence-corrected chi connectivity index (χ1v) is 15.5. The molecule has 0 radical (unpaired) electrons. The topological polar surface area (TPSA) is 110 Å². The molecule has 1 heterocycles. The van der Waals surface area contributed by atoms with E-state index in [4.69, 9.17) is 18.9 Å². The quantitative estimate of drug-likeness (QED) is 0.251. The van der Waals surface area contributed by atoms with Crippen LogP contribution in [-0.2, 0) is 14.3 Å². The molecule has 0 spiro atoms. The molecule has 4 rings (SSSR count). The number of esters is 1. The number of aryl methyl sites for hydroxylation is 1. The summed E-state index contributed by atoms with van der Waals surface area (Å²) in [4.78, 5) is 44.1. The fraction of sp³-hybridized carbons (Fsp3) is 0.400. The van der Waals surface area contributed by atoms with Crippen molar-refractivity contribution in [3.8, 4) is 11.5 Å². The van der Waals surface area contributed by atoms with Crippen molar-refractivity contribution in [2.24, 2.45) is 0 Å². The smallest absolute Gasteiger partial charge is 0.338 e. The SMILES string of the molecule is COc1cc(N(CCOc2ccc(C(=O)OC(C)C)cc2)C(C)=O)ccc1N(CCN1CCOCC1)C(=O)Nc1ccccc1C. The molecule has 1 saturated heterocycles. The number of anilines is 3. The van der Waals surface area contributed by atoms with Crippen molar-refractivity contribution >= 4 is 35.0 Å². The summed E-state index contributed by atoms with van der Waals surface area (Å²) in [6, 6.07) is 19.4. The Labute approximate surface area is 271 Å². The molecule has 46 heavy (non-hydrogen) atoms. The van der Waals surface area contributed by atoms with E-state index in [0.717, 1.165) is 24.3 Å². The first-order chi connectivity index (χ1) is 22.2. The van der Waals surface area contributed by atoms with Gasteiger partial charge in [-0.2, -0.15) is 0 Å². The second-order valence-corrected chi connectivity index (χ2v) is 11.2. The molecule has 1 N–H and O–H groups in total. The summed E-state index contributed by atoms with van der Waals surface area (Å²) in [6.07, 6.45) is -0.206. The number of para-hydroxylation sites is 1. The van der Waals surface area contributed by atoms with E-state index in [1.165, 1.54) is 6.92 Å². The molecule has 1 aliphatic heterocycles.